The number of nitrogens with zero attached hydrogens (tertiary/aromatic N) is 2. The Labute approximate surface area is 93.2 Å². The highest BCUT2D eigenvalue weighted by Gasteiger charge is 2.35. The van der Waals surface area contributed by atoms with Gasteiger partial charge in [-0.05, 0) is 22.0 Å². The zero-order valence-electron chi connectivity index (χ0n) is 7.63. The van der Waals surface area contributed by atoms with Crippen molar-refractivity contribution in [2.45, 2.75) is 6.43 Å². The molecule has 15 heavy (non-hydrogen) atoms. The van der Waals surface area contributed by atoms with Crippen LogP contribution in [-0.4, -0.2) is 24.5 Å². The first-order chi connectivity index (χ1) is 7.08. The normalized spacial score (nSPS) is 17.0. The predicted octanol–water partition coefficient (Wildman–Crippen LogP) is 2.68. The molecule has 82 valence electrons. The van der Waals surface area contributed by atoms with Crippen molar-refractivity contribution in [3.8, 4) is 0 Å². The van der Waals surface area contributed by atoms with Gasteiger partial charge < -0.3 is 4.90 Å². The van der Waals surface area contributed by atoms with Gasteiger partial charge in [-0.3, -0.25) is 0 Å². The molecule has 2 nitrogen and oxygen atoms in total. The van der Waals surface area contributed by atoms with Crippen molar-refractivity contribution in [2.75, 3.05) is 18.0 Å². The van der Waals surface area contributed by atoms with Crippen molar-refractivity contribution < 1.29 is 13.2 Å². The van der Waals surface area contributed by atoms with Crippen molar-refractivity contribution >= 4 is 21.7 Å². The van der Waals surface area contributed by atoms with Crippen molar-refractivity contribution in [1.29, 1.82) is 0 Å². The van der Waals surface area contributed by atoms with E-state index in [9.17, 15) is 13.2 Å². The summed E-state index contributed by atoms with van der Waals surface area (Å²) >= 11 is 3.08. The Bertz CT molecular complexity index is 366. The molecule has 0 N–H and O–H groups in total. The monoisotopic (exact) mass is 280 g/mol. The molecule has 0 aromatic carbocycles. The van der Waals surface area contributed by atoms with E-state index in [1.807, 2.05) is 0 Å². The van der Waals surface area contributed by atoms with Gasteiger partial charge in [-0.2, -0.15) is 0 Å². The van der Waals surface area contributed by atoms with Crippen LogP contribution in [0.3, 0.4) is 0 Å². The fourth-order valence-electron chi connectivity index (χ4n) is 1.49. The maximum Gasteiger partial charge on any atom is 0.244 e. The molecule has 0 radical (unpaired) electrons. The first-order valence-electron chi connectivity index (χ1n) is 4.42. The van der Waals surface area contributed by atoms with Crippen LogP contribution < -0.4 is 4.90 Å². The number of aromatic nitrogens is 1. The van der Waals surface area contributed by atoms with E-state index < -0.39 is 18.2 Å². The second-order valence-corrected chi connectivity index (χ2v) is 4.37. The van der Waals surface area contributed by atoms with E-state index in [1.165, 1.54) is 17.2 Å². The summed E-state index contributed by atoms with van der Waals surface area (Å²) in [7, 11) is 0. The summed E-state index contributed by atoms with van der Waals surface area (Å²) in [6, 6.07) is 1.28. The lowest BCUT2D eigenvalue weighted by Gasteiger charge is -2.39. The van der Waals surface area contributed by atoms with Crippen LogP contribution in [0.1, 0.15) is 0 Å². The lowest BCUT2D eigenvalue weighted by molar-refractivity contribution is 0.0608. The molecule has 1 aromatic heterocycles. The van der Waals surface area contributed by atoms with Gasteiger partial charge in [0.25, 0.3) is 0 Å². The highest BCUT2D eigenvalue weighted by molar-refractivity contribution is 9.10. The molecule has 1 saturated heterocycles. The molecule has 2 heterocycles. The van der Waals surface area contributed by atoms with Crippen molar-refractivity contribution in [3.05, 3.63) is 22.6 Å². The van der Waals surface area contributed by atoms with Crippen LogP contribution in [0.2, 0.25) is 0 Å². The Hall–Kier alpha value is -0.780. The van der Waals surface area contributed by atoms with Gasteiger partial charge in [0.15, 0.2) is 11.6 Å². The molecule has 0 saturated carbocycles. The van der Waals surface area contributed by atoms with Crippen LogP contribution in [0.15, 0.2) is 16.7 Å². The van der Waals surface area contributed by atoms with Crippen LogP contribution in [-0.2, 0) is 0 Å². The quantitative estimate of drug-likeness (QED) is 0.828. The average molecular weight is 281 g/mol. The van der Waals surface area contributed by atoms with Crippen LogP contribution >= 0.6 is 15.9 Å². The molecule has 0 aliphatic carbocycles. The molecular weight excluding hydrogens is 273 g/mol. The zero-order valence-corrected chi connectivity index (χ0v) is 9.22. The Morgan fingerprint density at radius 1 is 1.47 bits per heavy atom. The van der Waals surface area contributed by atoms with Crippen molar-refractivity contribution in [3.63, 3.8) is 0 Å². The SMILES string of the molecule is Fc1cc(Br)cnc1N1CC(C(F)F)C1. The maximum atomic E-state index is 13.3. The fraction of sp³-hybridized carbons (Fsp3) is 0.444. The number of alkyl halides is 2. The fourth-order valence-corrected chi connectivity index (χ4v) is 1.79. The second-order valence-electron chi connectivity index (χ2n) is 3.46. The van der Waals surface area contributed by atoms with Gasteiger partial charge in [-0.1, -0.05) is 0 Å². The number of hydrogen-bond acceptors (Lipinski definition) is 2. The molecule has 0 amide bonds. The summed E-state index contributed by atoms with van der Waals surface area (Å²) < 4.78 is 38.2. The Kier molecular flexibility index (Phi) is 2.86. The van der Waals surface area contributed by atoms with Gasteiger partial charge in [-0.15, -0.1) is 0 Å². The van der Waals surface area contributed by atoms with Crippen LogP contribution in [0.5, 0.6) is 0 Å². The third-order valence-corrected chi connectivity index (χ3v) is 2.79. The van der Waals surface area contributed by atoms with Gasteiger partial charge in [0.05, 0.1) is 5.92 Å². The molecule has 1 aliphatic heterocycles. The van der Waals surface area contributed by atoms with Crippen LogP contribution in [0.4, 0.5) is 19.0 Å². The number of anilines is 1. The Morgan fingerprint density at radius 2 is 2.13 bits per heavy atom. The highest BCUT2D eigenvalue weighted by atomic mass is 79.9. The van der Waals surface area contributed by atoms with E-state index in [1.54, 1.807) is 0 Å². The molecule has 6 heteroatoms. The molecule has 1 aromatic rings. The average Bonchev–Trinajstić information content (AvgIpc) is 2.05. The molecule has 2 rings (SSSR count). The van der Waals surface area contributed by atoms with Crippen LogP contribution in [0.25, 0.3) is 0 Å². The van der Waals surface area contributed by atoms with Crippen molar-refractivity contribution in [1.82, 2.24) is 4.98 Å². The highest BCUT2D eigenvalue weighted by Crippen LogP contribution is 2.29. The molecular formula is C9H8BrF3N2. The lowest BCUT2D eigenvalue weighted by Crippen LogP contribution is -2.50. The molecule has 0 spiro atoms. The van der Waals surface area contributed by atoms with E-state index >= 15 is 0 Å². The minimum atomic E-state index is -2.33. The van der Waals surface area contributed by atoms with E-state index in [0.29, 0.717) is 4.47 Å². The summed E-state index contributed by atoms with van der Waals surface area (Å²) in [4.78, 5) is 5.37. The molecule has 0 atom stereocenters. The minimum absolute atomic E-state index is 0.148. The summed E-state index contributed by atoms with van der Waals surface area (Å²) in [6.45, 7) is 0.340. The van der Waals surface area contributed by atoms with E-state index in [2.05, 4.69) is 20.9 Å². The van der Waals surface area contributed by atoms with Crippen molar-refractivity contribution in [2.24, 2.45) is 5.92 Å². The zero-order chi connectivity index (χ0) is 11.0. The summed E-state index contributed by atoms with van der Waals surface area (Å²) in [6.07, 6.45) is -0.881. The summed E-state index contributed by atoms with van der Waals surface area (Å²) in [5, 5.41) is 0. The third kappa shape index (κ3) is 2.09. The number of rotatable bonds is 2. The lowest BCUT2D eigenvalue weighted by atomic mass is 10.0. The van der Waals surface area contributed by atoms with Gasteiger partial charge in [-0.25, -0.2) is 18.2 Å². The predicted molar refractivity (Wildman–Crippen MR) is 53.6 cm³/mol. The molecule has 1 fully saturated rings. The topological polar surface area (TPSA) is 16.1 Å². The number of halogens is 4. The standard InChI is InChI=1S/C9H8BrF3N2/c10-6-1-7(11)9(14-2-6)15-3-5(4-15)8(12)13/h1-2,5,8H,3-4H2. The molecule has 1 aliphatic rings. The molecule has 0 unspecified atom stereocenters. The summed E-state index contributed by atoms with van der Waals surface area (Å²) in [5.41, 5.74) is 0. The largest absolute Gasteiger partial charge is 0.353 e. The number of hydrogen-bond donors (Lipinski definition) is 0. The van der Waals surface area contributed by atoms with E-state index in [-0.39, 0.29) is 18.9 Å². The summed E-state index contributed by atoms with van der Waals surface area (Å²) in [5.74, 6) is -0.998. The van der Waals surface area contributed by atoms with Gasteiger partial charge in [0.1, 0.15) is 0 Å². The Morgan fingerprint density at radius 3 is 2.67 bits per heavy atom. The number of pyridine rings is 1. The van der Waals surface area contributed by atoms with E-state index in [0.717, 1.165) is 0 Å². The minimum Gasteiger partial charge on any atom is -0.353 e. The molecule has 0 bridgehead atoms. The third-order valence-electron chi connectivity index (χ3n) is 2.35. The Balaban J connectivity index is 2.07. The first-order valence-corrected chi connectivity index (χ1v) is 5.21. The second kappa shape index (κ2) is 4.00. The maximum absolute atomic E-state index is 13.3. The smallest absolute Gasteiger partial charge is 0.244 e. The van der Waals surface area contributed by atoms with E-state index in [4.69, 9.17) is 0 Å². The van der Waals surface area contributed by atoms with Gasteiger partial charge in [0, 0.05) is 23.8 Å². The van der Waals surface area contributed by atoms with Crippen LogP contribution in [0, 0.1) is 11.7 Å². The van der Waals surface area contributed by atoms with Gasteiger partial charge in [0.2, 0.25) is 6.43 Å². The first kappa shape index (κ1) is 10.7. The van der Waals surface area contributed by atoms with Gasteiger partial charge >= 0.3 is 0 Å².